The quantitative estimate of drug-likeness (QED) is 0.667. The normalized spacial score (nSPS) is 29.8. The maximum atomic E-state index is 5.66. The zero-order valence-electron chi connectivity index (χ0n) is 11.4. The average Bonchev–Trinajstić information content (AvgIpc) is 2.74. The summed E-state index contributed by atoms with van der Waals surface area (Å²) in [6.45, 7) is 7.77. The van der Waals surface area contributed by atoms with Gasteiger partial charge in [0.25, 0.3) is 0 Å². The predicted molar refractivity (Wildman–Crippen MR) is 69.0 cm³/mol. The van der Waals surface area contributed by atoms with Crippen LogP contribution in [0.25, 0.3) is 0 Å². The maximum absolute atomic E-state index is 5.66. The zero-order chi connectivity index (χ0) is 12.1. The van der Waals surface area contributed by atoms with Crippen LogP contribution in [-0.2, 0) is 9.47 Å². The van der Waals surface area contributed by atoms with Gasteiger partial charge in [-0.25, -0.2) is 0 Å². The molecule has 17 heavy (non-hydrogen) atoms. The summed E-state index contributed by atoms with van der Waals surface area (Å²) in [4.78, 5) is 2.61. The number of nitrogens with zero attached hydrogens (tertiary/aromatic N) is 1. The van der Waals surface area contributed by atoms with Crippen molar-refractivity contribution < 1.29 is 9.47 Å². The highest BCUT2D eigenvalue weighted by Gasteiger charge is 2.36. The standard InChI is InChI=1S/C14H27NO2/c1-3-16-14(17-4-2)11-15-10-9-12-7-5-6-8-13(12)15/h12-14H,3-11H2,1-2H3. The highest BCUT2D eigenvalue weighted by Crippen LogP contribution is 2.36. The molecule has 0 bridgehead atoms. The third-order valence-corrected chi connectivity index (χ3v) is 4.21. The summed E-state index contributed by atoms with van der Waals surface area (Å²) in [7, 11) is 0. The molecule has 3 heteroatoms. The van der Waals surface area contributed by atoms with Crippen LogP contribution in [0.4, 0.5) is 0 Å². The van der Waals surface area contributed by atoms with Gasteiger partial charge in [-0.05, 0) is 45.6 Å². The summed E-state index contributed by atoms with van der Waals surface area (Å²) in [5.41, 5.74) is 0. The molecule has 3 nitrogen and oxygen atoms in total. The lowest BCUT2D eigenvalue weighted by Crippen LogP contribution is -2.41. The van der Waals surface area contributed by atoms with Gasteiger partial charge in [-0.3, -0.25) is 4.90 Å². The molecular weight excluding hydrogens is 214 g/mol. The van der Waals surface area contributed by atoms with E-state index in [-0.39, 0.29) is 6.29 Å². The van der Waals surface area contributed by atoms with Gasteiger partial charge in [0, 0.05) is 25.8 Å². The largest absolute Gasteiger partial charge is 0.352 e. The van der Waals surface area contributed by atoms with Crippen LogP contribution in [0.15, 0.2) is 0 Å². The molecule has 0 aromatic carbocycles. The van der Waals surface area contributed by atoms with Crippen LogP contribution < -0.4 is 0 Å². The maximum Gasteiger partial charge on any atom is 0.170 e. The van der Waals surface area contributed by atoms with Crippen LogP contribution in [0.5, 0.6) is 0 Å². The van der Waals surface area contributed by atoms with Crippen LogP contribution in [-0.4, -0.2) is 43.5 Å². The molecule has 0 amide bonds. The molecule has 2 fully saturated rings. The van der Waals surface area contributed by atoms with Gasteiger partial charge in [-0.1, -0.05) is 12.8 Å². The van der Waals surface area contributed by atoms with E-state index in [4.69, 9.17) is 9.47 Å². The van der Waals surface area contributed by atoms with Crippen LogP contribution in [0, 0.1) is 5.92 Å². The van der Waals surface area contributed by atoms with Gasteiger partial charge in [0.05, 0.1) is 0 Å². The average molecular weight is 241 g/mol. The van der Waals surface area contributed by atoms with E-state index in [0.717, 1.165) is 31.7 Å². The van der Waals surface area contributed by atoms with E-state index < -0.39 is 0 Å². The lowest BCUT2D eigenvalue weighted by atomic mass is 9.85. The van der Waals surface area contributed by atoms with Gasteiger partial charge in [-0.15, -0.1) is 0 Å². The van der Waals surface area contributed by atoms with Crippen molar-refractivity contribution >= 4 is 0 Å². The Kier molecular flexibility index (Phi) is 5.26. The number of likely N-dealkylation sites (tertiary alicyclic amines) is 1. The van der Waals surface area contributed by atoms with E-state index in [2.05, 4.69) is 4.90 Å². The fourth-order valence-electron chi connectivity index (χ4n) is 3.45. The molecule has 1 saturated heterocycles. The molecule has 0 spiro atoms. The van der Waals surface area contributed by atoms with E-state index in [0.29, 0.717) is 0 Å². The van der Waals surface area contributed by atoms with Gasteiger partial charge in [0.1, 0.15) is 0 Å². The Morgan fingerprint density at radius 2 is 1.76 bits per heavy atom. The van der Waals surface area contributed by atoms with Crippen LogP contribution in [0.1, 0.15) is 46.0 Å². The molecule has 0 aromatic rings. The summed E-state index contributed by atoms with van der Waals surface area (Å²) >= 11 is 0. The lowest BCUT2D eigenvalue weighted by Gasteiger charge is -2.33. The lowest BCUT2D eigenvalue weighted by molar-refractivity contribution is -0.149. The van der Waals surface area contributed by atoms with Crippen molar-refractivity contribution in [2.24, 2.45) is 5.92 Å². The van der Waals surface area contributed by atoms with E-state index in [1.807, 2.05) is 13.8 Å². The Balaban J connectivity index is 1.84. The Bertz CT molecular complexity index is 216. The van der Waals surface area contributed by atoms with E-state index in [1.165, 1.54) is 38.6 Å². The van der Waals surface area contributed by atoms with Crippen LogP contribution in [0.2, 0.25) is 0 Å². The molecule has 0 aromatic heterocycles. The summed E-state index contributed by atoms with van der Waals surface area (Å²) in [5, 5.41) is 0. The molecular formula is C14H27NO2. The Labute approximate surface area is 105 Å². The van der Waals surface area contributed by atoms with Crippen molar-refractivity contribution in [3.05, 3.63) is 0 Å². The summed E-state index contributed by atoms with van der Waals surface area (Å²) in [5.74, 6) is 0.952. The summed E-state index contributed by atoms with van der Waals surface area (Å²) < 4.78 is 11.3. The minimum atomic E-state index is -0.0225. The number of hydrogen-bond acceptors (Lipinski definition) is 3. The second-order valence-corrected chi connectivity index (χ2v) is 5.24. The topological polar surface area (TPSA) is 21.7 Å². The first-order valence-electron chi connectivity index (χ1n) is 7.32. The Morgan fingerprint density at radius 3 is 2.47 bits per heavy atom. The molecule has 1 aliphatic carbocycles. The van der Waals surface area contributed by atoms with E-state index >= 15 is 0 Å². The molecule has 1 heterocycles. The number of hydrogen-bond donors (Lipinski definition) is 0. The minimum absolute atomic E-state index is 0.0225. The third-order valence-electron chi connectivity index (χ3n) is 4.21. The number of ether oxygens (including phenoxy) is 2. The highest BCUT2D eigenvalue weighted by atomic mass is 16.7. The van der Waals surface area contributed by atoms with Crippen LogP contribution in [0.3, 0.4) is 0 Å². The molecule has 2 aliphatic rings. The fourth-order valence-corrected chi connectivity index (χ4v) is 3.45. The summed E-state index contributed by atoms with van der Waals surface area (Å²) in [6, 6.07) is 0.812. The Morgan fingerprint density at radius 1 is 1.06 bits per heavy atom. The van der Waals surface area contributed by atoms with Gasteiger partial charge in [-0.2, -0.15) is 0 Å². The second-order valence-electron chi connectivity index (χ2n) is 5.24. The van der Waals surface area contributed by atoms with Gasteiger partial charge in [0.2, 0.25) is 0 Å². The van der Waals surface area contributed by atoms with Gasteiger partial charge in [0.15, 0.2) is 6.29 Å². The first kappa shape index (κ1) is 13.3. The first-order chi connectivity index (χ1) is 8.35. The molecule has 0 N–H and O–H groups in total. The smallest absolute Gasteiger partial charge is 0.170 e. The molecule has 0 radical (unpaired) electrons. The molecule has 2 unspecified atom stereocenters. The van der Waals surface area contributed by atoms with Crippen molar-refractivity contribution in [3.8, 4) is 0 Å². The third kappa shape index (κ3) is 3.43. The van der Waals surface area contributed by atoms with Gasteiger partial charge < -0.3 is 9.47 Å². The monoisotopic (exact) mass is 241 g/mol. The Hall–Kier alpha value is -0.120. The highest BCUT2D eigenvalue weighted by molar-refractivity contribution is 4.89. The molecule has 2 rings (SSSR count). The van der Waals surface area contributed by atoms with Crippen molar-refractivity contribution in [3.63, 3.8) is 0 Å². The van der Waals surface area contributed by atoms with Crippen molar-refractivity contribution in [2.75, 3.05) is 26.3 Å². The predicted octanol–water partition coefficient (Wildman–Crippen LogP) is 2.65. The SMILES string of the molecule is CCOC(CN1CCC2CCCCC21)OCC. The first-order valence-corrected chi connectivity index (χ1v) is 7.32. The molecule has 1 saturated carbocycles. The van der Waals surface area contributed by atoms with E-state index in [1.54, 1.807) is 0 Å². The van der Waals surface area contributed by atoms with Crippen molar-refractivity contribution in [1.29, 1.82) is 0 Å². The van der Waals surface area contributed by atoms with Gasteiger partial charge >= 0.3 is 0 Å². The minimum Gasteiger partial charge on any atom is -0.352 e. The second kappa shape index (κ2) is 6.72. The van der Waals surface area contributed by atoms with Crippen molar-refractivity contribution in [1.82, 2.24) is 4.90 Å². The summed E-state index contributed by atoms with van der Waals surface area (Å²) in [6.07, 6.45) is 7.03. The van der Waals surface area contributed by atoms with Crippen molar-refractivity contribution in [2.45, 2.75) is 58.3 Å². The van der Waals surface area contributed by atoms with Crippen LogP contribution >= 0.6 is 0 Å². The zero-order valence-corrected chi connectivity index (χ0v) is 11.4. The fraction of sp³-hybridized carbons (Fsp3) is 1.00. The molecule has 100 valence electrons. The number of rotatable bonds is 6. The van der Waals surface area contributed by atoms with E-state index in [9.17, 15) is 0 Å². The number of fused-ring (bicyclic) bond motifs is 1. The molecule has 1 aliphatic heterocycles. The molecule has 2 atom stereocenters.